The largest absolute Gasteiger partial charge is 0.492 e. The molecule has 0 radical (unpaired) electrons. The Bertz CT molecular complexity index is 1990. The number of nitrogen functional groups attached to an aromatic ring is 1. The van der Waals surface area contributed by atoms with E-state index in [2.05, 4.69) is 57.2 Å². The number of nitrogens with two attached hydrogens (primary N) is 1. The van der Waals surface area contributed by atoms with E-state index in [4.69, 9.17) is 15.2 Å². The van der Waals surface area contributed by atoms with Gasteiger partial charge >= 0.3 is 0 Å². The number of aryl methyl sites for hydroxylation is 2. The van der Waals surface area contributed by atoms with Gasteiger partial charge in [-0.25, -0.2) is 4.39 Å². The Morgan fingerprint density at radius 2 is 1.30 bits per heavy atom. The summed E-state index contributed by atoms with van der Waals surface area (Å²) in [6.07, 6.45) is 9.95. The molecule has 0 aliphatic carbocycles. The fraction of sp³-hybridized carbons (Fsp3) is 0.375. The molecule has 2 aliphatic heterocycles. The Morgan fingerprint density at radius 1 is 0.759 bits per heavy atom. The number of nitrogens with one attached hydrogen (secondary N) is 1. The molecule has 0 bridgehead atoms. The summed E-state index contributed by atoms with van der Waals surface area (Å²) in [6.45, 7) is 7.73. The highest BCUT2D eigenvalue weighted by molar-refractivity contribution is 9.11. The van der Waals surface area contributed by atoms with Crippen molar-refractivity contribution in [2.45, 2.75) is 32.1 Å². The average Bonchev–Trinajstić information content (AvgIpc) is 3.90. The Labute approximate surface area is 332 Å². The molecule has 0 spiro atoms. The molecule has 3 aromatic carbocycles. The first-order valence-corrected chi connectivity index (χ1v) is 19.9. The van der Waals surface area contributed by atoms with Crippen LogP contribution in [0.3, 0.4) is 0 Å². The fourth-order valence-corrected chi connectivity index (χ4v) is 7.92. The standard InChI is InChI=1S/C23H24BrFN4O2.C17H23BrN4O/c1-28-22(20(24)15-26-28)19-14-18(27-23(30)16-5-4-6-17(25)13-16)7-8-21(19)31-12-11-29-9-2-3-10-29;1-21-17(15(18)12-20-21)14-11-13(19)5-6-16(14)23-10-9-22-7-3-2-4-8-22/h4-8,13-15H,2-3,9-12H2,1H3,(H,27,30);5-6,11-12H,2-4,7-10,19H2,1H3. The number of anilines is 2. The third-order valence-corrected chi connectivity index (χ3v) is 10.8. The van der Waals surface area contributed by atoms with E-state index < -0.39 is 5.82 Å². The van der Waals surface area contributed by atoms with E-state index in [1.807, 2.05) is 49.1 Å². The Balaban J connectivity index is 0.000000193. The summed E-state index contributed by atoms with van der Waals surface area (Å²) >= 11 is 7.11. The summed E-state index contributed by atoms with van der Waals surface area (Å²) < 4.78 is 31.0. The number of amides is 1. The minimum absolute atomic E-state index is 0.259. The van der Waals surface area contributed by atoms with Crippen molar-refractivity contribution in [3.05, 3.63) is 93.4 Å². The first-order valence-electron chi connectivity index (χ1n) is 18.3. The topological polar surface area (TPSA) is 116 Å². The number of piperidine rings is 1. The van der Waals surface area contributed by atoms with Gasteiger partial charge in [0.25, 0.3) is 5.91 Å². The molecule has 11 nitrogen and oxygen atoms in total. The molecule has 2 aromatic heterocycles. The first-order chi connectivity index (χ1) is 26.2. The smallest absolute Gasteiger partial charge is 0.255 e. The molecular weight excluding hydrogens is 819 g/mol. The molecule has 7 rings (SSSR count). The zero-order valence-electron chi connectivity index (χ0n) is 30.7. The molecule has 3 N–H and O–H groups in total. The van der Waals surface area contributed by atoms with Crippen LogP contribution in [0.4, 0.5) is 15.8 Å². The van der Waals surface area contributed by atoms with E-state index in [1.54, 1.807) is 29.2 Å². The number of carbonyl (C=O) groups excluding carboxylic acids is 1. The molecule has 0 atom stereocenters. The van der Waals surface area contributed by atoms with Gasteiger partial charge < -0.3 is 20.5 Å². The maximum Gasteiger partial charge on any atom is 0.255 e. The monoisotopic (exact) mass is 864 g/mol. The number of ether oxygens (including phenoxy) is 2. The van der Waals surface area contributed by atoms with Crippen LogP contribution in [-0.4, -0.2) is 87.8 Å². The molecule has 2 saturated heterocycles. The van der Waals surface area contributed by atoms with E-state index in [9.17, 15) is 9.18 Å². The average molecular weight is 867 g/mol. The van der Waals surface area contributed by atoms with Gasteiger partial charge in [-0.3, -0.25) is 24.0 Å². The second-order valence-corrected chi connectivity index (χ2v) is 15.2. The van der Waals surface area contributed by atoms with Crippen LogP contribution >= 0.6 is 31.9 Å². The zero-order valence-corrected chi connectivity index (χ0v) is 33.9. The van der Waals surface area contributed by atoms with Gasteiger partial charge in [0.05, 0.1) is 32.7 Å². The molecule has 2 aliphatic rings. The summed E-state index contributed by atoms with van der Waals surface area (Å²) in [5.41, 5.74) is 11.1. The summed E-state index contributed by atoms with van der Waals surface area (Å²) in [6, 6.07) is 16.9. The quantitative estimate of drug-likeness (QED) is 0.121. The number of benzene rings is 3. The van der Waals surface area contributed by atoms with Crippen molar-refractivity contribution < 1.29 is 18.7 Å². The zero-order chi connectivity index (χ0) is 38.0. The molecule has 14 heteroatoms. The number of carbonyl (C=O) groups is 1. The van der Waals surface area contributed by atoms with Gasteiger partial charge in [0, 0.05) is 55.2 Å². The highest BCUT2D eigenvalue weighted by atomic mass is 79.9. The number of rotatable bonds is 12. The number of aromatic nitrogens is 4. The maximum absolute atomic E-state index is 13.5. The van der Waals surface area contributed by atoms with E-state index in [1.165, 1.54) is 63.4 Å². The van der Waals surface area contributed by atoms with Gasteiger partial charge in [-0.2, -0.15) is 10.2 Å². The second kappa shape index (κ2) is 18.9. The Hall–Kier alpha value is -4.24. The van der Waals surface area contributed by atoms with Crippen LogP contribution in [0.5, 0.6) is 11.5 Å². The lowest BCUT2D eigenvalue weighted by molar-refractivity contribution is 0.102. The van der Waals surface area contributed by atoms with E-state index in [0.29, 0.717) is 24.7 Å². The SMILES string of the molecule is Cn1ncc(Br)c1-c1cc(N)ccc1OCCN1CCCCC1.Cn1ncc(Br)c1-c1cc(NC(=O)c2cccc(F)c2)ccc1OCCN1CCCC1. The summed E-state index contributed by atoms with van der Waals surface area (Å²) in [4.78, 5) is 17.4. The molecule has 5 aromatic rings. The molecule has 2 fully saturated rings. The molecular formula is C40H47Br2FN8O3. The highest BCUT2D eigenvalue weighted by Crippen LogP contribution is 2.38. The van der Waals surface area contributed by atoms with Gasteiger partial charge in [0.15, 0.2) is 0 Å². The summed E-state index contributed by atoms with van der Waals surface area (Å²) in [5.74, 6) is 0.735. The van der Waals surface area contributed by atoms with Crippen LogP contribution in [0, 0.1) is 5.82 Å². The lowest BCUT2D eigenvalue weighted by atomic mass is 10.1. The number of likely N-dealkylation sites (tertiary alicyclic amines) is 2. The van der Waals surface area contributed by atoms with Gasteiger partial charge in [-0.15, -0.1) is 0 Å². The summed E-state index contributed by atoms with van der Waals surface area (Å²) in [7, 11) is 3.77. The predicted octanol–water partition coefficient (Wildman–Crippen LogP) is 8.01. The Morgan fingerprint density at radius 3 is 1.83 bits per heavy atom. The lowest BCUT2D eigenvalue weighted by Crippen LogP contribution is -2.33. The van der Waals surface area contributed by atoms with Crippen LogP contribution in [0.15, 0.2) is 82.0 Å². The molecule has 4 heterocycles. The van der Waals surface area contributed by atoms with Crippen LogP contribution in [-0.2, 0) is 14.1 Å². The molecule has 0 saturated carbocycles. The fourth-order valence-electron chi connectivity index (χ4n) is 6.80. The number of halogens is 3. The van der Waals surface area contributed by atoms with Gasteiger partial charge in [0.1, 0.15) is 30.5 Å². The minimum Gasteiger partial charge on any atom is -0.492 e. The second-order valence-electron chi connectivity index (χ2n) is 13.5. The van der Waals surface area contributed by atoms with Crippen LogP contribution in [0.1, 0.15) is 42.5 Å². The van der Waals surface area contributed by atoms with Crippen molar-refractivity contribution in [1.82, 2.24) is 29.4 Å². The van der Waals surface area contributed by atoms with Crippen molar-refractivity contribution in [2.24, 2.45) is 14.1 Å². The third kappa shape index (κ3) is 10.3. The highest BCUT2D eigenvalue weighted by Gasteiger charge is 2.19. The predicted molar refractivity (Wildman–Crippen MR) is 218 cm³/mol. The summed E-state index contributed by atoms with van der Waals surface area (Å²) in [5, 5.41) is 11.4. The molecule has 54 heavy (non-hydrogen) atoms. The first kappa shape index (κ1) is 39.5. The minimum atomic E-state index is -0.450. The van der Waals surface area contributed by atoms with Crippen molar-refractivity contribution >= 4 is 49.1 Å². The number of nitrogens with zero attached hydrogens (tertiary/aromatic N) is 6. The van der Waals surface area contributed by atoms with Crippen molar-refractivity contribution in [1.29, 1.82) is 0 Å². The van der Waals surface area contributed by atoms with E-state index in [0.717, 1.165) is 69.1 Å². The third-order valence-electron chi connectivity index (χ3n) is 9.60. The van der Waals surface area contributed by atoms with Crippen molar-refractivity contribution in [2.75, 3.05) is 63.5 Å². The van der Waals surface area contributed by atoms with Crippen LogP contribution in [0.25, 0.3) is 22.5 Å². The van der Waals surface area contributed by atoms with Crippen LogP contribution in [0.2, 0.25) is 0 Å². The Kier molecular flexibility index (Phi) is 13.8. The molecule has 0 unspecified atom stereocenters. The number of hydrogen-bond acceptors (Lipinski definition) is 8. The number of hydrogen-bond donors (Lipinski definition) is 2. The van der Waals surface area contributed by atoms with Gasteiger partial charge in [-0.1, -0.05) is 12.5 Å². The maximum atomic E-state index is 13.5. The van der Waals surface area contributed by atoms with E-state index in [-0.39, 0.29) is 11.5 Å². The van der Waals surface area contributed by atoms with Crippen LogP contribution < -0.4 is 20.5 Å². The van der Waals surface area contributed by atoms with Crippen molar-refractivity contribution in [3.8, 4) is 34.0 Å². The molecule has 1 amide bonds. The van der Waals surface area contributed by atoms with Crippen molar-refractivity contribution in [3.63, 3.8) is 0 Å². The normalized spacial score (nSPS) is 14.8. The lowest BCUT2D eigenvalue weighted by Gasteiger charge is -2.26. The van der Waals surface area contributed by atoms with Gasteiger partial charge in [-0.05, 0) is 138 Å². The van der Waals surface area contributed by atoms with E-state index >= 15 is 0 Å². The van der Waals surface area contributed by atoms with Gasteiger partial charge in [0.2, 0.25) is 0 Å². The molecule has 286 valence electrons.